The third kappa shape index (κ3) is 2.92. The SMILES string of the molecule is Cc1ccc(C(=O)Nc2ccc(Br)nc2)cc1F. The molecule has 2 aromatic rings. The zero-order valence-corrected chi connectivity index (χ0v) is 11.2. The van der Waals surface area contributed by atoms with Gasteiger partial charge < -0.3 is 5.32 Å². The van der Waals surface area contributed by atoms with Crippen molar-refractivity contribution in [2.75, 3.05) is 5.32 Å². The summed E-state index contributed by atoms with van der Waals surface area (Å²) < 4.78 is 14.0. The molecule has 1 N–H and O–H groups in total. The van der Waals surface area contributed by atoms with Crippen LogP contribution in [0.5, 0.6) is 0 Å². The quantitative estimate of drug-likeness (QED) is 0.862. The molecule has 0 aliphatic heterocycles. The fourth-order valence-electron chi connectivity index (χ4n) is 1.39. The monoisotopic (exact) mass is 308 g/mol. The third-order valence-electron chi connectivity index (χ3n) is 2.42. The maximum atomic E-state index is 13.3. The van der Waals surface area contributed by atoms with E-state index in [9.17, 15) is 9.18 Å². The summed E-state index contributed by atoms with van der Waals surface area (Å²) in [4.78, 5) is 15.8. The summed E-state index contributed by atoms with van der Waals surface area (Å²) in [6, 6.07) is 7.80. The second-order valence-electron chi connectivity index (χ2n) is 3.79. The first-order valence-electron chi connectivity index (χ1n) is 5.25. The van der Waals surface area contributed by atoms with E-state index in [-0.39, 0.29) is 11.5 Å². The average Bonchev–Trinajstić information content (AvgIpc) is 2.35. The standard InChI is InChI=1S/C13H10BrFN2O/c1-8-2-3-9(6-11(8)15)13(18)17-10-4-5-12(14)16-7-10/h2-7H,1H3,(H,17,18). The number of carbonyl (C=O) groups is 1. The number of nitrogens with one attached hydrogen (secondary N) is 1. The van der Waals surface area contributed by atoms with Crippen LogP contribution in [0.15, 0.2) is 41.1 Å². The summed E-state index contributed by atoms with van der Waals surface area (Å²) in [7, 11) is 0. The predicted octanol–water partition coefficient (Wildman–Crippen LogP) is 3.54. The Morgan fingerprint density at radius 1 is 1.33 bits per heavy atom. The molecule has 2 rings (SSSR count). The molecule has 0 aliphatic rings. The van der Waals surface area contributed by atoms with Gasteiger partial charge in [0, 0.05) is 5.56 Å². The van der Waals surface area contributed by atoms with E-state index in [4.69, 9.17) is 0 Å². The molecule has 0 radical (unpaired) electrons. The van der Waals surface area contributed by atoms with Crippen LogP contribution < -0.4 is 5.32 Å². The van der Waals surface area contributed by atoms with Gasteiger partial charge in [0.05, 0.1) is 11.9 Å². The fourth-order valence-corrected chi connectivity index (χ4v) is 1.62. The topological polar surface area (TPSA) is 42.0 Å². The summed E-state index contributed by atoms with van der Waals surface area (Å²) >= 11 is 3.20. The van der Waals surface area contributed by atoms with Gasteiger partial charge in [-0.05, 0) is 52.7 Å². The number of benzene rings is 1. The summed E-state index contributed by atoms with van der Waals surface area (Å²) in [5, 5.41) is 2.64. The zero-order valence-electron chi connectivity index (χ0n) is 9.58. The number of hydrogen-bond donors (Lipinski definition) is 1. The largest absolute Gasteiger partial charge is 0.321 e. The highest BCUT2D eigenvalue weighted by atomic mass is 79.9. The molecular formula is C13H10BrFN2O. The minimum absolute atomic E-state index is 0.279. The van der Waals surface area contributed by atoms with Gasteiger partial charge in [-0.15, -0.1) is 0 Å². The molecule has 3 nitrogen and oxygen atoms in total. The maximum Gasteiger partial charge on any atom is 0.255 e. The summed E-state index contributed by atoms with van der Waals surface area (Å²) in [6.45, 7) is 1.65. The Hall–Kier alpha value is -1.75. The Bertz CT molecular complexity index is 584. The van der Waals surface area contributed by atoms with Crippen molar-refractivity contribution in [2.24, 2.45) is 0 Å². The first-order chi connectivity index (χ1) is 8.56. The van der Waals surface area contributed by atoms with Crippen LogP contribution in [0, 0.1) is 12.7 Å². The molecule has 0 bridgehead atoms. The van der Waals surface area contributed by atoms with Crippen molar-refractivity contribution in [3.63, 3.8) is 0 Å². The van der Waals surface area contributed by atoms with Gasteiger partial charge in [-0.25, -0.2) is 9.37 Å². The smallest absolute Gasteiger partial charge is 0.255 e. The van der Waals surface area contributed by atoms with Gasteiger partial charge in [-0.3, -0.25) is 4.79 Å². The van der Waals surface area contributed by atoms with Crippen molar-refractivity contribution in [1.82, 2.24) is 4.98 Å². The summed E-state index contributed by atoms with van der Waals surface area (Å²) in [5.74, 6) is -0.755. The number of anilines is 1. The Morgan fingerprint density at radius 3 is 2.72 bits per heavy atom. The lowest BCUT2D eigenvalue weighted by molar-refractivity contribution is 0.102. The fraction of sp³-hybridized carbons (Fsp3) is 0.0769. The number of nitrogens with zero attached hydrogens (tertiary/aromatic N) is 1. The highest BCUT2D eigenvalue weighted by molar-refractivity contribution is 9.10. The first kappa shape index (κ1) is 12.7. The van der Waals surface area contributed by atoms with Gasteiger partial charge in [0.15, 0.2) is 0 Å². The summed E-state index contributed by atoms with van der Waals surface area (Å²) in [6.07, 6.45) is 1.52. The molecule has 1 heterocycles. The number of aromatic nitrogens is 1. The van der Waals surface area contributed by atoms with Gasteiger partial charge >= 0.3 is 0 Å². The zero-order chi connectivity index (χ0) is 13.1. The Morgan fingerprint density at radius 2 is 2.11 bits per heavy atom. The van der Waals surface area contributed by atoms with E-state index in [2.05, 4.69) is 26.2 Å². The molecule has 0 saturated heterocycles. The molecule has 0 spiro atoms. The third-order valence-corrected chi connectivity index (χ3v) is 2.89. The Balaban J connectivity index is 2.16. The average molecular weight is 309 g/mol. The van der Waals surface area contributed by atoms with Crippen LogP contribution in [-0.2, 0) is 0 Å². The van der Waals surface area contributed by atoms with Gasteiger partial charge in [-0.2, -0.15) is 0 Å². The molecular weight excluding hydrogens is 299 g/mol. The second-order valence-corrected chi connectivity index (χ2v) is 4.60. The van der Waals surface area contributed by atoms with Crippen molar-refractivity contribution in [2.45, 2.75) is 6.92 Å². The van der Waals surface area contributed by atoms with Crippen LogP contribution in [0.25, 0.3) is 0 Å². The molecule has 5 heteroatoms. The second kappa shape index (κ2) is 5.27. The molecule has 0 aliphatic carbocycles. The van der Waals surface area contributed by atoms with Crippen molar-refractivity contribution < 1.29 is 9.18 Å². The van der Waals surface area contributed by atoms with Crippen molar-refractivity contribution in [3.8, 4) is 0 Å². The van der Waals surface area contributed by atoms with E-state index in [1.54, 1.807) is 31.2 Å². The van der Waals surface area contributed by atoms with E-state index in [1.165, 1.54) is 12.3 Å². The number of rotatable bonds is 2. The van der Waals surface area contributed by atoms with Gasteiger partial charge in [0.25, 0.3) is 5.91 Å². The maximum absolute atomic E-state index is 13.3. The molecule has 0 unspecified atom stereocenters. The number of amides is 1. The number of hydrogen-bond acceptors (Lipinski definition) is 2. The predicted molar refractivity (Wildman–Crippen MR) is 71.0 cm³/mol. The van der Waals surface area contributed by atoms with E-state index < -0.39 is 5.82 Å². The normalized spacial score (nSPS) is 10.2. The van der Waals surface area contributed by atoms with Crippen LogP contribution in [0.1, 0.15) is 15.9 Å². The van der Waals surface area contributed by atoms with Gasteiger partial charge in [-0.1, -0.05) is 6.07 Å². The van der Waals surface area contributed by atoms with Crippen LogP contribution in [-0.4, -0.2) is 10.9 Å². The van der Waals surface area contributed by atoms with E-state index >= 15 is 0 Å². The molecule has 0 saturated carbocycles. The number of carbonyl (C=O) groups excluding carboxylic acids is 1. The van der Waals surface area contributed by atoms with Crippen LogP contribution >= 0.6 is 15.9 Å². The molecule has 18 heavy (non-hydrogen) atoms. The van der Waals surface area contributed by atoms with Crippen molar-refractivity contribution in [1.29, 1.82) is 0 Å². The molecule has 1 amide bonds. The molecule has 92 valence electrons. The van der Waals surface area contributed by atoms with Crippen LogP contribution in [0.2, 0.25) is 0 Å². The lowest BCUT2D eigenvalue weighted by atomic mass is 10.1. The van der Waals surface area contributed by atoms with Crippen LogP contribution in [0.4, 0.5) is 10.1 Å². The lowest BCUT2D eigenvalue weighted by Crippen LogP contribution is -2.12. The van der Waals surface area contributed by atoms with Gasteiger partial charge in [0.2, 0.25) is 0 Å². The number of halogens is 2. The minimum Gasteiger partial charge on any atom is -0.321 e. The molecule has 0 fully saturated rings. The molecule has 1 aromatic carbocycles. The highest BCUT2D eigenvalue weighted by Gasteiger charge is 2.08. The number of pyridine rings is 1. The van der Waals surface area contributed by atoms with Gasteiger partial charge in [0.1, 0.15) is 10.4 Å². The highest BCUT2D eigenvalue weighted by Crippen LogP contribution is 2.13. The summed E-state index contributed by atoms with van der Waals surface area (Å²) in [5.41, 5.74) is 1.35. The minimum atomic E-state index is -0.392. The molecule has 1 aromatic heterocycles. The first-order valence-corrected chi connectivity index (χ1v) is 6.04. The molecule has 0 atom stereocenters. The number of aryl methyl sites for hydroxylation is 1. The van der Waals surface area contributed by atoms with Crippen molar-refractivity contribution in [3.05, 3.63) is 58.1 Å². The van der Waals surface area contributed by atoms with Crippen molar-refractivity contribution >= 4 is 27.5 Å². The van der Waals surface area contributed by atoms with Crippen LogP contribution in [0.3, 0.4) is 0 Å². The van der Waals surface area contributed by atoms with E-state index in [1.807, 2.05) is 0 Å². The lowest BCUT2D eigenvalue weighted by Gasteiger charge is -2.05. The Labute approximate surface area is 112 Å². The van der Waals surface area contributed by atoms with E-state index in [0.717, 1.165) is 0 Å². The Kier molecular flexibility index (Phi) is 3.72. The van der Waals surface area contributed by atoms with E-state index in [0.29, 0.717) is 15.9 Å².